The van der Waals surface area contributed by atoms with Gasteiger partial charge in [0.1, 0.15) is 0 Å². The van der Waals surface area contributed by atoms with E-state index in [9.17, 15) is 9.59 Å². The normalized spacial score (nSPS) is 10.6. The lowest BCUT2D eigenvalue weighted by Gasteiger charge is -2.03. The van der Waals surface area contributed by atoms with Crippen molar-refractivity contribution in [2.45, 2.75) is 25.7 Å². The van der Waals surface area contributed by atoms with Crippen LogP contribution in [0.4, 0.5) is 0 Å². The number of aromatic nitrogens is 1. The van der Waals surface area contributed by atoms with Gasteiger partial charge in [0, 0.05) is 15.1 Å². The fourth-order valence-corrected chi connectivity index (χ4v) is 3.33. The zero-order chi connectivity index (χ0) is 17.0. The Morgan fingerprint density at radius 1 is 1.22 bits per heavy atom. The minimum absolute atomic E-state index is 0.0333. The summed E-state index contributed by atoms with van der Waals surface area (Å²) >= 11 is 4.85. The van der Waals surface area contributed by atoms with Crippen molar-refractivity contribution in [3.05, 3.63) is 51.3 Å². The number of rotatable bonds is 6. The van der Waals surface area contributed by atoms with Crippen LogP contribution in [0.1, 0.15) is 39.0 Å². The molecule has 0 aliphatic rings. The molecular weight excluding hydrogens is 378 g/mol. The average Bonchev–Trinajstić information content (AvgIpc) is 2.81. The molecule has 0 amide bonds. The van der Waals surface area contributed by atoms with E-state index in [1.165, 1.54) is 11.8 Å². The number of hydrogen-bond acceptors (Lipinski definition) is 4. The highest BCUT2D eigenvalue weighted by Crippen LogP contribution is 2.24. The maximum atomic E-state index is 12.4. The molecule has 4 nitrogen and oxygen atoms in total. The van der Waals surface area contributed by atoms with Gasteiger partial charge in [-0.25, -0.2) is 4.79 Å². The standard InChI is InChI=1S/C17H18BrNO3S/c1-4-22-17(21)15-10(2)16(19-11(15)3)14(20)9-23-13-7-5-12(18)6-8-13/h5-8,19H,4,9H2,1-3H3. The number of carbonyl (C=O) groups is 2. The summed E-state index contributed by atoms with van der Waals surface area (Å²) < 4.78 is 6.05. The van der Waals surface area contributed by atoms with Gasteiger partial charge >= 0.3 is 5.97 Å². The second kappa shape index (κ2) is 7.84. The Labute approximate surface area is 148 Å². The Morgan fingerprint density at radius 3 is 2.48 bits per heavy atom. The van der Waals surface area contributed by atoms with Gasteiger partial charge in [-0.15, -0.1) is 11.8 Å². The molecule has 2 rings (SSSR count). The van der Waals surface area contributed by atoms with Crippen molar-refractivity contribution in [2.24, 2.45) is 0 Å². The number of ketones is 1. The minimum Gasteiger partial charge on any atom is -0.462 e. The van der Waals surface area contributed by atoms with Crippen LogP contribution in [0.3, 0.4) is 0 Å². The van der Waals surface area contributed by atoms with Crippen LogP contribution >= 0.6 is 27.7 Å². The quantitative estimate of drug-likeness (QED) is 0.442. The van der Waals surface area contributed by atoms with Crippen molar-refractivity contribution in [1.82, 2.24) is 4.98 Å². The molecule has 0 radical (unpaired) electrons. The lowest BCUT2D eigenvalue weighted by Crippen LogP contribution is -2.08. The van der Waals surface area contributed by atoms with E-state index in [-0.39, 0.29) is 5.78 Å². The molecule has 0 aliphatic carbocycles. The molecule has 23 heavy (non-hydrogen) atoms. The van der Waals surface area contributed by atoms with Gasteiger partial charge in [-0.2, -0.15) is 0 Å². The fourth-order valence-electron chi connectivity index (χ4n) is 2.29. The molecule has 0 bridgehead atoms. The largest absolute Gasteiger partial charge is 0.462 e. The molecule has 0 saturated carbocycles. The summed E-state index contributed by atoms with van der Waals surface area (Å²) in [5, 5.41) is 0. The molecule has 6 heteroatoms. The van der Waals surface area contributed by atoms with E-state index < -0.39 is 5.97 Å². The van der Waals surface area contributed by atoms with Gasteiger partial charge in [0.05, 0.1) is 23.6 Å². The van der Waals surface area contributed by atoms with E-state index in [0.29, 0.717) is 34.9 Å². The Kier molecular flexibility index (Phi) is 6.07. The number of nitrogens with one attached hydrogen (secondary N) is 1. The van der Waals surface area contributed by atoms with Crippen LogP contribution in [0.5, 0.6) is 0 Å². The third kappa shape index (κ3) is 4.26. The molecule has 0 saturated heterocycles. The highest BCUT2D eigenvalue weighted by molar-refractivity contribution is 9.10. The Morgan fingerprint density at radius 2 is 1.87 bits per heavy atom. The number of aryl methyl sites for hydroxylation is 1. The first kappa shape index (κ1) is 17.8. The molecule has 0 unspecified atom stereocenters. The minimum atomic E-state index is -0.390. The van der Waals surface area contributed by atoms with Crippen molar-refractivity contribution in [2.75, 3.05) is 12.4 Å². The molecule has 0 aliphatic heterocycles. The second-order valence-electron chi connectivity index (χ2n) is 5.01. The summed E-state index contributed by atoms with van der Waals surface area (Å²) in [6, 6.07) is 7.79. The summed E-state index contributed by atoms with van der Waals surface area (Å²) in [7, 11) is 0. The first-order valence-corrected chi connectivity index (χ1v) is 8.99. The second-order valence-corrected chi connectivity index (χ2v) is 6.98. The molecule has 1 N–H and O–H groups in total. The molecule has 0 spiro atoms. The zero-order valence-electron chi connectivity index (χ0n) is 13.2. The van der Waals surface area contributed by atoms with Crippen LogP contribution in [0.2, 0.25) is 0 Å². The molecule has 1 aromatic heterocycles. The number of Topliss-reactive ketones (excluding diaryl/α,β-unsaturated/α-hetero) is 1. The van der Waals surface area contributed by atoms with Crippen molar-refractivity contribution in [3.8, 4) is 0 Å². The summed E-state index contributed by atoms with van der Waals surface area (Å²) in [6.07, 6.45) is 0. The monoisotopic (exact) mass is 395 g/mol. The maximum absolute atomic E-state index is 12.4. The number of H-pyrrole nitrogens is 1. The lowest BCUT2D eigenvalue weighted by molar-refractivity contribution is 0.0525. The van der Waals surface area contributed by atoms with Gasteiger partial charge in [-0.1, -0.05) is 15.9 Å². The Hall–Kier alpha value is -1.53. The molecule has 2 aromatic rings. The smallest absolute Gasteiger partial charge is 0.340 e. The van der Waals surface area contributed by atoms with Crippen LogP contribution in [0, 0.1) is 13.8 Å². The van der Waals surface area contributed by atoms with E-state index in [1.807, 2.05) is 24.3 Å². The van der Waals surface area contributed by atoms with Crippen molar-refractivity contribution < 1.29 is 14.3 Å². The highest BCUT2D eigenvalue weighted by atomic mass is 79.9. The number of benzene rings is 1. The number of esters is 1. The number of halogens is 1. The van der Waals surface area contributed by atoms with Gasteiger partial charge in [0.15, 0.2) is 5.78 Å². The van der Waals surface area contributed by atoms with Gasteiger partial charge in [0.25, 0.3) is 0 Å². The molecule has 0 atom stereocenters. The topological polar surface area (TPSA) is 59.2 Å². The lowest BCUT2D eigenvalue weighted by atomic mass is 10.1. The van der Waals surface area contributed by atoms with E-state index >= 15 is 0 Å². The fraction of sp³-hybridized carbons (Fsp3) is 0.294. The van der Waals surface area contributed by atoms with Gasteiger partial charge in [0.2, 0.25) is 0 Å². The summed E-state index contributed by atoms with van der Waals surface area (Å²) in [5.74, 6) is -0.113. The maximum Gasteiger partial charge on any atom is 0.340 e. The van der Waals surface area contributed by atoms with Crippen LogP contribution < -0.4 is 0 Å². The number of aromatic amines is 1. The summed E-state index contributed by atoms with van der Waals surface area (Å²) in [4.78, 5) is 28.5. The van der Waals surface area contributed by atoms with Gasteiger partial charge in [-0.05, 0) is 50.6 Å². The third-order valence-electron chi connectivity index (χ3n) is 3.38. The van der Waals surface area contributed by atoms with Crippen molar-refractivity contribution >= 4 is 39.4 Å². The molecule has 0 fully saturated rings. The first-order valence-electron chi connectivity index (χ1n) is 7.21. The highest BCUT2D eigenvalue weighted by Gasteiger charge is 2.22. The molecule has 1 heterocycles. The number of ether oxygens (including phenoxy) is 1. The Bertz CT molecular complexity index is 722. The van der Waals surface area contributed by atoms with Crippen LogP contribution in [0.15, 0.2) is 33.6 Å². The average molecular weight is 396 g/mol. The molecule has 122 valence electrons. The Balaban J connectivity index is 2.12. The SMILES string of the molecule is CCOC(=O)c1c(C)[nH]c(C(=O)CSc2ccc(Br)cc2)c1C. The third-order valence-corrected chi connectivity index (χ3v) is 4.92. The zero-order valence-corrected chi connectivity index (χ0v) is 15.6. The molecular formula is C17H18BrNO3S. The summed E-state index contributed by atoms with van der Waals surface area (Å²) in [6.45, 7) is 5.62. The van der Waals surface area contributed by atoms with E-state index in [1.54, 1.807) is 20.8 Å². The predicted octanol–water partition coefficient (Wildman–Crippen LogP) is 4.55. The number of thioether (sulfide) groups is 1. The van der Waals surface area contributed by atoms with E-state index in [4.69, 9.17) is 4.74 Å². The van der Waals surface area contributed by atoms with Gasteiger partial charge in [-0.3, -0.25) is 4.79 Å². The van der Waals surface area contributed by atoms with Gasteiger partial charge < -0.3 is 9.72 Å². The van der Waals surface area contributed by atoms with Crippen LogP contribution in [0.25, 0.3) is 0 Å². The molecule has 1 aromatic carbocycles. The van der Waals surface area contributed by atoms with Crippen molar-refractivity contribution in [3.63, 3.8) is 0 Å². The van der Waals surface area contributed by atoms with Crippen LogP contribution in [-0.2, 0) is 4.74 Å². The first-order chi connectivity index (χ1) is 10.9. The number of carbonyl (C=O) groups excluding carboxylic acids is 2. The predicted molar refractivity (Wildman–Crippen MR) is 95.4 cm³/mol. The van der Waals surface area contributed by atoms with Crippen molar-refractivity contribution in [1.29, 1.82) is 0 Å². The summed E-state index contributed by atoms with van der Waals surface area (Å²) in [5.41, 5.74) is 2.26. The van der Waals surface area contributed by atoms with E-state index in [2.05, 4.69) is 20.9 Å². The number of hydrogen-bond donors (Lipinski definition) is 1. The van der Waals surface area contributed by atoms with E-state index in [0.717, 1.165) is 9.37 Å². The van der Waals surface area contributed by atoms with Crippen LogP contribution in [-0.4, -0.2) is 29.1 Å².